The molecular weight excluding hydrogens is 224 g/mol. The van der Waals surface area contributed by atoms with Crippen molar-refractivity contribution in [2.45, 2.75) is 20.5 Å². The van der Waals surface area contributed by atoms with E-state index < -0.39 is 0 Å². The Morgan fingerprint density at radius 1 is 1.17 bits per heavy atom. The van der Waals surface area contributed by atoms with E-state index in [0.29, 0.717) is 5.69 Å². The van der Waals surface area contributed by atoms with Crippen LogP contribution in [0, 0.1) is 13.8 Å². The first-order valence-corrected chi connectivity index (χ1v) is 5.99. The Morgan fingerprint density at radius 3 is 2.61 bits per heavy atom. The first-order valence-electron chi connectivity index (χ1n) is 5.99. The van der Waals surface area contributed by atoms with Gasteiger partial charge in [-0.2, -0.15) is 0 Å². The number of pyridine rings is 1. The summed E-state index contributed by atoms with van der Waals surface area (Å²) in [7, 11) is 1.99. The van der Waals surface area contributed by atoms with Gasteiger partial charge in [0, 0.05) is 12.7 Å². The minimum absolute atomic E-state index is 0.0332. The van der Waals surface area contributed by atoms with Crippen LogP contribution < -0.4 is 4.90 Å². The van der Waals surface area contributed by atoms with Crippen molar-refractivity contribution in [3.05, 3.63) is 53.2 Å². The van der Waals surface area contributed by atoms with E-state index in [1.807, 2.05) is 30.1 Å². The van der Waals surface area contributed by atoms with Crippen molar-refractivity contribution >= 4 is 11.5 Å². The van der Waals surface area contributed by atoms with Crippen molar-refractivity contribution in [1.82, 2.24) is 4.98 Å². The Labute approximate surface area is 108 Å². The van der Waals surface area contributed by atoms with Gasteiger partial charge in [0.15, 0.2) is 0 Å². The van der Waals surface area contributed by atoms with Gasteiger partial charge in [0.1, 0.15) is 5.82 Å². The molecule has 94 valence electrons. The minimum Gasteiger partial charge on any atom is -0.390 e. The summed E-state index contributed by atoms with van der Waals surface area (Å²) in [5.41, 5.74) is 4.28. The topological polar surface area (TPSA) is 36.4 Å². The predicted molar refractivity (Wildman–Crippen MR) is 74.1 cm³/mol. The van der Waals surface area contributed by atoms with Crippen LogP contribution in [0.25, 0.3) is 0 Å². The molecule has 0 aliphatic carbocycles. The zero-order valence-corrected chi connectivity index (χ0v) is 11.0. The molecule has 0 fully saturated rings. The van der Waals surface area contributed by atoms with Crippen LogP contribution >= 0.6 is 0 Å². The number of aliphatic hydroxyl groups is 1. The molecule has 0 aliphatic rings. The molecule has 0 unspecified atom stereocenters. The van der Waals surface area contributed by atoms with Crippen LogP contribution in [-0.2, 0) is 6.61 Å². The van der Waals surface area contributed by atoms with Gasteiger partial charge in [-0.1, -0.05) is 23.8 Å². The fourth-order valence-electron chi connectivity index (χ4n) is 2.05. The molecule has 0 bridgehead atoms. The molecule has 1 aromatic heterocycles. The van der Waals surface area contributed by atoms with Crippen molar-refractivity contribution in [2.24, 2.45) is 0 Å². The summed E-state index contributed by atoms with van der Waals surface area (Å²) in [6.45, 7) is 4.14. The van der Waals surface area contributed by atoms with E-state index in [0.717, 1.165) is 11.5 Å². The summed E-state index contributed by atoms with van der Waals surface area (Å²) in [6, 6.07) is 12.0. The third-order valence-electron chi connectivity index (χ3n) is 3.01. The number of anilines is 2. The quantitative estimate of drug-likeness (QED) is 0.899. The highest BCUT2D eigenvalue weighted by Gasteiger charge is 2.08. The Bertz CT molecular complexity index is 552. The Kier molecular flexibility index (Phi) is 3.63. The van der Waals surface area contributed by atoms with Gasteiger partial charge in [-0.15, -0.1) is 0 Å². The molecule has 0 saturated carbocycles. The highest BCUT2D eigenvalue weighted by atomic mass is 16.3. The molecule has 0 atom stereocenters. The van der Waals surface area contributed by atoms with Crippen LogP contribution in [-0.4, -0.2) is 17.1 Å². The predicted octanol–water partition coefficient (Wildman–Crippen LogP) is 2.96. The third-order valence-corrected chi connectivity index (χ3v) is 3.01. The van der Waals surface area contributed by atoms with Gasteiger partial charge in [-0.3, -0.25) is 0 Å². The maximum Gasteiger partial charge on any atom is 0.133 e. The summed E-state index contributed by atoms with van der Waals surface area (Å²) in [4.78, 5) is 6.44. The summed E-state index contributed by atoms with van der Waals surface area (Å²) in [5.74, 6) is 0.841. The molecular formula is C15H18N2O. The lowest BCUT2D eigenvalue weighted by molar-refractivity contribution is 0.277. The zero-order valence-electron chi connectivity index (χ0n) is 11.0. The second-order valence-electron chi connectivity index (χ2n) is 4.49. The van der Waals surface area contributed by atoms with E-state index in [1.54, 1.807) is 0 Å². The molecule has 0 radical (unpaired) electrons. The number of rotatable bonds is 3. The van der Waals surface area contributed by atoms with E-state index in [1.165, 1.54) is 11.1 Å². The molecule has 18 heavy (non-hydrogen) atoms. The molecule has 2 aromatic rings. The number of nitrogens with zero attached hydrogens (tertiary/aromatic N) is 2. The van der Waals surface area contributed by atoms with Crippen molar-refractivity contribution in [1.29, 1.82) is 0 Å². The van der Waals surface area contributed by atoms with E-state index in [4.69, 9.17) is 5.11 Å². The highest BCUT2D eigenvalue weighted by Crippen LogP contribution is 2.26. The van der Waals surface area contributed by atoms with Gasteiger partial charge >= 0.3 is 0 Å². The van der Waals surface area contributed by atoms with Gasteiger partial charge in [-0.05, 0) is 37.6 Å². The number of aryl methyl sites for hydroxylation is 2. The first kappa shape index (κ1) is 12.6. The van der Waals surface area contributed by atoms with Crippen molar-refractivity contribution in [2.75, 3.05) is 11.9 Å². The second kappa shape index (κ2) is 5.19. The van der Waals surface area contributed by atoms with Gasteiger partial charge in [0.25, 0.3) is 0 Å². The normalized spacial score (nSPS) is 10.4. The minimum atomic E-state index is -0.0332. The Hall–Kier alpha value is -1.87. The lowest BCUT2D eigenvalue weighted by Gasteiger charge is -2.21. The monoisotopic (exact) mass is 242 g/mol. The molecule has 1 aromatic carbocycles. The Morgan fingerprint density at radius 2 is 1.94 bits per heavy atom. The smallest absolute Gasteiger partial charge is 0.133 e. The standard InChI is InChI=1S/C15H18N2O/c1-11-7-8-14(12(2)9-11)17(3)15-6-4-5-13(10-18)16-15/h4-9,18H,10H2,1-3H3. The Balaban J connectivity index is 2.37. The molecule has 0 aliphatic heterocycles. The molecule has 2 rings (SSSR count). The van der Waals surface area contributed by atoms with Crippen molar-refractivity contribution in [3.8, 4) is 0 Å². The lowest BCUT2D eigenvalue weighted by atomic mass is 10.1. The number of aliphatic hydroxyl groups excluding tert-OH is 1. The second-order valence-corrected chi connectivity index (χ2v) is 4.49. The van der Waals surface area contributed by atoms with Crippen LogP contribution in [0.2, 0.25) is 0 Å². The van der Waals surface area contributed by atoms with Crippen LogP contribution in [0.5, 0.6) is 0 Å². The van der Waals surface area contributed by atoms with Crippen LogP contribution in [0.4, 0.5) is 11.5 Å². The fraction of sp³-hybridized carbons (Fsp3) is 0.267. The number of hydrogen-bond donors (Lipinski definition) is 1. The maximum absolute atomic E-state index is 9.12. The molecule has 0 amide bonds. The van der Waals surface area contributed by atoms with Crippen LogP contribution in [0.15, 0.2) is 36.4 Å². The molecule has 0 spiro atoms. The van der Waals surface area contributed by atoms with E-state index in [-0.39, 0.29) is 6.61 Å². The average molecular weight is 242 g/mol. The summed E-state index contributed by atoms with van der Waals surface area (Å²) < 4.78 is 0. The third kappa shape index (κ3) is 2.51. The number of aromatic nitrogens is 1. The SMILES string of the molecule is Cc1ccc(N(C)c2cccc(CO)n2)c(C)c1. The first-order chi connectivity index (χ1) is 8.61. The molecule has 0 saturated heterocycles. The van der Waals surface area contributed by atoms with Gasteiger partial charge < -0.3 is 10.0 Å². The molecule has 1 N–H and O–H groups in total. The summed E-state index contributed by atoms with van der Waals surface area (Å²) in [6.07, 6.45) is 0. The summed E-state index contributed by atoms with van der Waals surface area (Å²) >= 11 is 0. The molecule has 3 nitrogen and oxygen atoms in total. The van der Waals surface area contributed by atoms with E-state index in [9.17, 15) is 0 Å². The van der Waals surface area contributed by atoms with Crippen molar-refractivity contribution < 1.29 is 5.11 Å². The van der Waals surface area contributed by atoms with Crippen molar-refractivity contribution in [3.63, 3.8) is 0 Å². The van der Waals surface area contributed by atoms with E-state index in [2.05, 4.69) is 37.0 Å². The largest absolute Gasteiger partial charge is 0.390 e. The molecule has 3 heteroatoms. The van der Waals surface area contributed by atoms with Gasteiger partial charge in [-0.25, -0.2) is 4.98 Å². The van der Waals surface area contributed by atoms with Gasteiger partial charge in [0.2, 0.25) is 0 Å². The maximum atomic E-state index is 9.12. The number of benzene rings is 1. The molecule has 1 heterocycles. The summed E-state index contributed by atoms with van der Waals surface area (Å²) in [5, 5.41) is 9.12. The zero-order chi connectivity index (χ0) is 13.1. The van der Waals surface area contributed by atoms with Crippen LogP contribution in [0.1, 0.15) is 16.8 Å². The fourth-order valence-corrected chi connectivity index (χ4v) is 2.05. The number of hydrogen-bond acceptors (Lipinski definition) is 3. The average Bonchev–Trinajstić information content (AvgIpc) is 2.38. The highest BCUT2D eigenvalue weighted by molar-refractivity contribution is 5.63. The van der Waals surface area contributed by atoms with E-state index >= 15 is 0 Å². The lowest BCUT2D eigenvalue weighted by Crippen LogP contribution is -2.13. The van der Waals surface area contributed by atoms with Gasteiger partial charge in [0.05, 0.1) is 12.3 Å². The van der Waals surface area contributed by atoms with Crippen LogP contribution in [0.3, 0.4) is 0 Å².